The summed E-state index contributed by atoms with van der Waals surface area (Å²) >= 11 is 0. The molecule has 1 spiro atoms. The second kappa shape index (κ2) is 9.02. The minimum Gasteiger partial charge on any atom is -0.497 e. The molecule has 2 aromatic carbocycles. The second-order valence-electron chi connectivity index (χ2n) is 9.53. The Balaban J connectivity index is 1.14. The monoisotopic (exact) mass is 505 g/mol. The molecule has 0 bridgehead atoms. The Hall–Kier alpha value is -4.21. The SMILES string of the molecule is COc1ccc2ccc(=O)n(CC(=O)N3CCC4(CC3)CN(c3ccc5c(c3)OCCO5)C(=O)O4)c2c1. The molecule has 6 rings (SSSR count). The van der Waals surface area contributed by atoms with E-state index in [1.54, 1.807) is 41.2 Å². The fourth-order valence-electron chi connectivity index (χ4n) is 5.24. The maximum atomic E-state index is 13.2. The number of carbonyl (C=O) groups is 2. The van der Waals surface area contributed by atoms with Crippen molar-refractivity contribution in [3.63, 3.8) is 0 Å². The van der Waals surface area contributed by atoms with E-state index >= 15 is 0 Å². The van der Waals surface area contributed by atoms with Crippen LogP contribution in [0.4, 0.5) is 10.5 Å². The molecule has 10 nitrogen and oxygen atoms in total. The average Bonchev–Trinajstić information content (AvgIpc) is 3.25. The zero-order chi connectivity index (χ0) is 25.6. The number of pyridine rings is 1. The highest BCUT2D eigenvalue weighted by atomic mass is 16.6. The van der Waals surface area contributed by atoms with Crippen molar-refractivity contribution in [2.24, 2.45) is 0 Å². The van der Waals surface area contributed by atoms with Gasteiger partial charge < -0.3 is 23.8 Å². The van der Waals surface area contributed by atoms with E-state index in [2.05, 4.69) is 0 Å². The van der Waals surface area contributed by atoms with E-state index in [-0.39, 0.29) is 18.0 Å². The van der Waals surface area contributed by atoms with Crippen LogP contribution in [0.3, 0.4) is 0 Å². The zero-order valence-electron chi connectivity index (χ0n) is 20.5. The molecule has 2 amide bonds. The Morgan fingerprint density at radius 1 is 0.973 bits per heavy atom. The molecule has 3 aromatic rings. The largest absolute Gasteiger partial charge is 0.497 e. The topological polar surface area (TPSA) is 99.5 Å². The first-order chi connectivity index (χ1) is 17.9. The predicted molar refractivity (Wildman–Crippen MR) is 135 cm³/mol. The summed E-state index contributed by atoms with van der Waals surface area (Å²) in [7, 11) is 1.56. The zero-order valence-corrected chi connectivity index (χ0v) is 20.5. The lowest BCUT2D eigenvalue weighted by molar-refractivity contribution is -0.135. The summed E-state index contributed by atoms with van der Waals surface area (Å²) in [5.41, 5.74) is 0.427. The van der Waals surface area contributed by atoms with Gasteiger partial charge >= 0.3 is 6.09 Å². The van der Waals surface area contributed by atoms with Crippen LogP contribution in [0.2, 0.25) is 0 Å². The molecule has 2 saturated heterocycles. The standard InChI is InChI=1S/C27H27N3O7/c1-34-20-5-2-18-3-7-24(31)29(21(18)15-20)16-25(32)28-10-8-27(9-11-28)17-30(26(33)37-27)19-4-6-22-23(14-19)36-13-12-35-22/h2-7,14-15H,8-13,16-17H2,1H3. The van der Waals surface area contributed by atoms with E-state index in [0.29, 0.717) is 74.1 Å². The molecule has 4 heterocycles. The van der Waals surface area contributed by atoms with Gasteiger partial charge in [-0.1, -0.05) is 0 Å². The highest BCUT2D eigenvalue weighted by Gasteiger charge is 2.48. The quantitative estimate of drug-likeness (QED) is 0.538. The number of methoxy groups -OCH3 is 1. The van der Waals surface area contributed by atoms with Gasteiger partial charge in [-0.15, -0.1) is 0 Å². The molecule has 0 N–H and O–H groups in total. The van der Waals surface area contributed by atoms with Crippen LogP contribution in [0.1, 0.15) is 12.8 Å². The number of fused-ring (bicyclic) bond motifs is 2. The highest BCUT2D eigenvalue weighted by molar-refractivity contribution is 5.91. The lowest BCUT2D eigenvalue weighted by Gasteiger charge is -2.37. The Labute approximate surface area is 212 Å². The van der Waals surface area contributed by atoms with E-state index in [0.717, 1.165) is 5.39 Å². The van der Waals surface area contributed by atoms with Crippen molar-refractivity contribution in [3.05, 3.63) is 58.9 Å². The molecule has 3 aliphatic rings. The molecule has 0 aliphatic carbocycles. The summed E-state index contributed by atoms with van der Waals surface area (Å²) in [4.78, 5) is 42.0. The summed E-state index contributed by atoms with van der Waals surface area (Å²) in [6.07, 6.45) is 0.626. The van der Waals surface area contributed by atoms with Crippen LogP contribution in [0.5, 0.6) is 17.2 Å². The summed E-state index contributed by atoms with van der Waals surface area (Å²) in [5.74, 6) is 1.73. The summed E-state index contributed by atoms with van der Waals surface area (Å²) < 4.78 is 23.9. The van der Waals surface area contributed by atoms with Gasteiger partial charge in [0.25, 0.3) is 5.56 Å². The fourth-order valence-corrected chi connectivity index (χ4v) is 5.24. The van der Waals surface area contributed by atoms with Crippen LogP contribution in [0.25, 0.3) is 10.9 Å². The molecule has 0 atom stereocenters. The number of rotatable bonds is 4. The number of hydrogen-bond donors (Lipinski definition) is 0. The van der Waals surface area contributed by atoms with Crippen LogP contribution in [-0.4, -0.2) is 67.0 Å². The summed E-state index contributed by atoms with van der Waals surface area (Å²) in [6.45, 7) is 2.16. The molecule has 2 fully saturated rings. The first kappa shape index (κ1) is 23.2. The van der Waals surface area contributed by atoms with Crippen LogP contribution >= 0.6 is 0 Å². The van der Waals surface area contributed by atoms with Crippen molar-refractivity contribution < 1.29 is 28.5 Å². The van der Waals surface area contributed by atoms with Crippen LogP contribution in [0.15, 0.2) is 53.3 Å². The van der Waals surface area contributed by atoms with Gasteiger partial charge in [0, 0.05) is 44.1 Å². The number of likely N-dealkylation sites (tertiary alicyclic amines) is 1. The van der Waals surface area contributed by atoms with E-state index in [4.69, 9.17) is 18.9 Å². The molecule has 0 saturated carbocycles. The Bertz CT molecular complexity index is 1440. The molecule has 192 valence electrons. The minimum absolute atomic E-state index is 0.0700. The average molecular weight is 506 g/mol. The third kappa shape index (κ3) is 4.22. The van der Waals surface area contributed by atoms with Gasteiger partial charge in [-0.05, 0) is 35.7 Å². The predicted octanol–water partition coefficient (Wildman–Crippen LogP) is 2.80. The smallest absolute Gasteiger partial charge is 0.415 e. The van der Waals surface area contributed by atoms with Crippen LogP contribution in [-0.2, 0) is 16.1 Å². The van der Waals surface area contributed by atoms with Crippen LogP contribution < -0.4 is 24.7 Å². The Morgan fingerprint density at radius 2 is 1.73 bits per heavy atom. The number of nitrogens with zero attached hydrogens (tertiary/aromatic N) is 3. The van der Waals surface area contributed by atoms with Gasteiger partial charge in [0.1, 0.15) is 31.1 Å². The second-order valence-corrected chi connectivity index (χ2v) is 9.53. The molecule has 1 aromatic heterocycles. The molecule has 3 aliphatic heterocycles. The maximum Gasteiger partial charge on any atom is 0.415 e. The van der Waals surface area contributed by atoms with Crippen molar-refractivity contribution in [2.45, 2.75) is 25.0 Å². The molecule has 10 heteroatoms. The molecular weight excluding hydrogens is 478 g/mol. The lowest BCUT2D eigenvalue weighted by atomic mass is 9.91. The Morgan fingerprint density at radius 3 is 2.51 bits per heavy atom. The van der Waals surface area contributed by atoms with E-state index < -0.39 is 11.7 Å². The van der Waals surface area contributed by atoms with Gasteiger partial charge in [0.2, 0.25) is 5.91 Å². The number of hydrogen-bond acceptors (Lipinski definition) is 7. The van der Waals surface area contributed by atoms with Crippen molar-refractivity contribution in [3.8, 4) is 17.2 Å². The van der Waals surface area contributed by atoms with E-state index in [9.17, 15) is 14.4 Å². The molecule has 37 heavy (non-hydrogen) atoms. The maximum absolute atomic E-state index is 13.2. The van der Waals surface area contributed by atoms with Gasteiger partial charge in [-0.25, -0.2) is 4.79 Å². The van der Waals surface area contributed by atoms with Gasteiger partial charge in [-0.3, -0.25) is 19.1 Å². The number of carbonyl (C=O) groups excluding carboxylic acids is 2. The Kier molecular flexibility index (Phi) is 5.66. The number of piperidine rings is 1. The minimum atomic E-state index is -0.662. The highest BCUT2D eigenvalue weighted by Crippen LogP contribution is 2.39. The number of anilines is 1. The summed E-state index contributed by atoms with van der Waals surface area (Å²) in [6, 6.07) is 14.1. The third-order valence-electron chi connectivity index (χ3n) is 7.33. The normalized spacial score (nSPS) is 18.2. The number of amides is 2. The van der Waals surface area contributed by atoms with Gasteiger partial charge in [0.05, 0.1) is 24.9 Å². The third-order valence-corrected chi connectivity index (χ3v) is 7.33. The first-order valence-corrected chi connectivity index (χ1v) is 12.3. The number of benzene rings is 2. The van der Waals surface area contributed by atoms with Gasteiger partial charge in [0.15, 0.2) is 11.5 Å². The van der Waals surface area contributed by atoms with E-state index in [1.165, 1.54) is 10.6 Å². The van der Waals surface area contributed by atoms with Crippen molar-refractivity contribution in [2.75, 3.05) is 44.9 Å². The van der Waals surface area contributed by atoms with Crippen molar-refractivity contribution >= 4 is 28.6 Å². The van der Waals surface area contributed by atoms with Crippen LogP contribution in [0, 0.1) is 0 Å². The molecule has 0 radical (unpaired) electrons. The van der Waals surface area contributed by atoms with E-state index in [1.807, 2.05) is 18.2 Å². The summed E-state index contributed by atoms with van der Waals surface area (Å²) in [5, 5.41) is 0.850. The lowest BCUT2D eigenvalue weighted by Crippen LogP contribution is -2.49. The van der Waals surface area contributed by atoms with Gasteiger partial charge in [-0.2, -0.15) is 0 Å². The van der Waals surface area contributed by atoms with Crippen molar-refractivity contribution in [1.29, 1.82) is 0 Å². The number of aromatic nitrogens is 1. The fraction of sp³-hybridized carbons (Fsp3) is 0.370. The van der Waals surface area contributed by atoms with Crippen molar-refractivity contribution in [1.82, 2.24) is 9.47 Å². The molecular formula is C27H27N3O7. The first-order valence-electron chi connectivity index (χ1n) is 12.3. The molecule has 0 unspecified atom stereocenters. The number of ether oxygens (including phenoxy) is 4.